The highest BCUT2D eigenvalue weighted by Gasteiger charge is 2.16. The number of rotatable bonds is 3. The summed E-state index contributed by atoms with van der Waals surface area (Å²) >= 11 is 0. The van der Waals surface area contributed by atoms with Crippen LogP contribution in [0.3, 0.4) is 0 Å². The van der Waals surface area contributed by atoms with Crippen molar-refractivity contribution in [1.29, 1.82) is 0 Å². The Morgan fingerprint density at radius 1 is 1.38 bits per heavy atom. The summed E-state index contributed by atoms with van der Waals surface area (Å²) in [5, 5.41) is 11.8. The molecule has 0 bridgehead atoms. The van der Waals surface area contributed by atoms with E-state index in [1.165, 1.54) is 0 Å². The molecule has 3 heteroatoms. The van der Waals surface area contributed by atoms with Gasteiger partial charge in [0.15, 0.2) is 5.69 Å². The third-order valence-electron chi connectivity index (χ3n) is 2.61. The molecule has 0 aliphatic heterocycles. The molecule has 0 amide bonds. The molecular weight excluding hydrogens is 200 g/mol. The SMILES string of the molecule is C=CCn1c[n+]([O-])c(-c2ccccc2)c1C. The fraction of sp³-hybridized carbons (Fsp3) is 0.154. The summed E-state index contributed by atoms with van der Waals surface area (Å²) in [6, 6.07) is 9.68. The van der Waals surface area contributed by atoms with Gasteiger partial charge in [0.05, 0.1) is 0 Å². The van der Waals surface area contributed by atoms with Gasteiger partial charge in [-0.1, -0.05) is 43.0 Å². The van der Waals surface area contributed by atoms with Crippen LogP contribution < -0.4 is 4.73 Å². The van der Waals surface area contributed by atoms with Gasteiger partial charge in [-0.05, 0) is 0 Å². The smallest absolute Gasteiger partial charge is 0.247 e. The molecule has 0 fully saturated rings. The predicted octanol–water partition coefficient (Wildman–Crippen LogP) is 2.28. The van der Waals surface area contributed by atoms with Crippen molar-refractivity contribution < 1.29 is 4.73 Å². The van der Waals surface area contributed by atoms with Crippen LogP contribution >= 0.6 is 0 Å². The van der Waals surface area contributed by atoms with Crippen LogP contribution in [0.4, 0.5) is 0 Å². The predicted molar refractivity (Wildman–Crippen MR) is 63.8 cm³/mol. The minimum atomic E-state index is 0.654. The Kier molecular flexibility index (Phi) is 2.77. The van der Waals surface area contributed by atoms with Gasteiger partial charge in [0.25, 0.3) is 0 Å². The third kappa shape index (κ3) is 1.72. The highest BCUT2D eigenvalue weighted by Crippen LogP contribution is 2.19. The van der Waals surface area contributed by atoms with Crippen LogP contribution in [0.15, 0.2) is 49.3 Å². The van der Waals surface area contributed by atoms with E-state index >= 15 is 0 Å². The van der Waals surface area contributed by atoms with Gasteiger partial charge < -0.3 is 5.21 Å². The molecule has 0 saturated heterocycles. The minimum Gasteiger partial charge on any atom is -0.710 e. The molecule has 1 heterocycles. The number of allylic oxidation sites excluding steroid dienone is 1. The van der Waals surface area contributed by atoms with Crippen molar-refractivity contribution in [3.63, 3.8) is 0 Å². The number of nitrogens with zero attached hydrogens (tertiary/aromatic N) is 2. The fourth-order valence-electron chi connectivity index (χ4n) is 1.82. The molecule has 16 heavy (non-hydrogen) atoms. The number of benzene rings is 1. The van der Waals surface area contributed by atoms with Gasteiger partial charge >= 0.3 is 0 Å². The monoisotopic (exact) mass is 214 g/mol. The first-order valence-electron chi connectivity index (χ1n) is 5.19. The molecule has 0 radical (unpaired) electrons. The van der Waals surface area contributed by atoms with Crippen LogP contribution in [0.2, 0.25) is 0 Å². The van der Waals surface area contributed by atoms with Crippen LogP contribution in [0.1, 0.15) is 5.69 Å². The van der Waals surface area contributed by atoms with Crippen LogP contribution in [0, 0.1) is 12.1 Å². The quantitative estimate of drug-likeness (QED) is 0.438. The van der Waals surface area contributed by atoms with Crippen molar-refractivity contribution in [2.75, 3.05) is 0 Å². The Morgan fingerprint density at radius 2 is 2.06 bits per heavy atom. The zero-order valence-electron chi connectivity index (χ0n) is 9.26. The lowest BCUT2D eigenvalue weighted by atomic mass is 10.1. The van der Waals surface area contributed by atoms with E-state index in [0.717, 1.165) is 16.0 Å². The zero-order valence-corrected chi connectivity index (χ0v) is 9.26. The molecule has 2 rings (SSSR count). The number of hydrogen-bond acceptors (Lipinski definition) is 1. The van der Waals surface area contributed by atoms with Crippen molar-refractivity contribution in [2.24, 2.45) is 0 Å². The van der Waals surface area contributed by atoms with Crippen LogP contribution in [-0.2, 0) is 6.54 Å². The second-order valence-electron chi connectivity index (χ2n) is 3.68. The van der Waals surface area contributed by atoms with E-state index in [4.69, 9.17) is 0 Å². The fourth-order valence-corrected chi connectivity index (χ4v) is 1.82. The molecule has 2 aromatic rings. The third-order valence-corrected chi connectivity index (χ3v) is 2.61. The van der Waals surface area contributed by atoms with Crippen molar-refractivity contribution in [3.8, 4) is 11.3 Å². The second kappa shape index (κ2) is 4.23. The Balaban J connectivity index is 2.53. The first-order valence-corrected chi connectivity index (χ1v) is 5.19. The molecule has 1 aromatic heterocycles. The summed E-state index contributed by atoms with van der Waals surface area (Å²) in [4.78, 5) is 0. The van der Waals surface area contributed by atoms with E-state index in [1.807, 2.05) is 41.8 Å². The summed E-state index contributed by atoms with van der Waals surface area (Å²) in [6.45, 7) is 6.27. The second-order valence-corrected chi connectivity index (χ2v) is 3.68. The topological polar surface area (TPSA) is 31.9 Å². The largest absolute Gasteiger partial charge is 0.710 e. The van der Waals surface area contributed by atoms with Crippen molar-refractivity contribution in [1.82, 2.24) is 4.57 Å². The molecule has 0 N–H and O–H groups in total. The number of hydrogen-bond donors (Lipinski definition) is 0. The van der Waals surface area contributed by atoms with Crippen molar-refractivity contribution in [3.05, 3.63) is 60.2 Å². The Morgan fingerprint density at radius 3 is 2.69 bits per heavy atom. The Hall–Kier alpha value is -2.03. The maximum absolute atomic E-state index is 11.8. The maximum Gasteiger partial charge on any atom is 0.247 e. The highest BCUT2D eigenvalue weighted by atomic mass is 16.5. The highest BCUT2D eigenvalue weighted by molar-refractivity contribution is 5.58. The van der Waals surface area contributed by atoms with E-state index in [1.54, 1.807) is 12.4 Å². The van der Waals surface area contributed by atoms with E-state index in [0.29, 0.717) is 12.2 Å². The van der Waals surface area contributed by atoms with E-state index in [-0.39, 0.29) is 0 Å². The van der Waals surface area contributed by atoms with Crippen LogP contribution in [-0.4, -0.2) is 4.57 Å². The lowest BCUT2D eigenvalue weighted by Gasteiger charge is -2.02. The van der Waals surface area contributed by atoms with Gasteiger partial charge in [-0.2, -0.15) is 0 Å². The summed E-state index contributed by atoms with van der Waals surface area (Å²) in [6.07, 6.45) is 3.33. The Labute approximate surface area is 94.9 Å². The summed E-state index contributed by atoms with van der Waals surface area (Å²) in [5.41, 5.74) is 2.61. The normalized spacial score (nSPS) is 10.3. The number of imidazole rings is 1. The molecule has 0 atom stereocenters. The summed E-state index contributed by atoms with van der Waals surface area (Å²) < 4.78 is 2.80. The molecule has 82 valence electrons. The van der Waals surface area contributed by atoms with Gasteiger partial charge in [0.1, 0.15) is 12.2 Å². The van der Waals surface area contributed by atoms with Gasteiger partial charge in [0, 0.05) is 12.5 Å². The van der Waals surface area contributed by atoms with E-state index in [2.05, 4.69) is 6.58 Å². The lowest BCUT2D eigenvalue weighted by molar-refractivity contribution is -0.593. The molecule has 1 aromatic carbocycles. The minimum absolute atomic E-state index is 0.654. The molecule has 3 nitrogen and oxygen atoms in total. The van der Waals surface area contributed by atoms with E-state index < -0.39 is 0 Å². The Bertz CT molecular complexity index is 500. The van der Waals surface area contributed by atoms with Crippen LogP contribution in [0.5, 0.6) is 0 Å². The molecule has 0 aliphatic rings. The summed E-state index contributed by atoms with van der Waals surface area (Å²) in [7, 11) is 0. The maximum atomic E-state index is 11.8. The first kappa shape index (κ1) is 10.5. The van der Waals surface area contributed by atoms with Crippen LogP contribution in [0.25, 0.3) is 11.3 Å². The first-order chi connectivity index (χ1) is 7.74. The van der Waals surface area contributed by atoms with Crippen molar-refractivity contribution >= 4 is 0 Å². The summed E-state index contributed by atoms with van der Waals surface area (Å²) in [5.74, 6) is 0. The standard InChI is InChI=1S/C13H14N2O/c1-3-9-14-10-15(16)13(11(14)2)12-7-5-4-6-8-12/h3-8,10H,1,9H2,2H3. The van der Waals surface area contributed by atoms with Gasteiger partial charge in [-0.25, -0.2) is 9.30 Å². The molecule has 0 spiro atoms. The van der Waals surface area contributed by atoms with Gasteiger partial charge in [-0.3, -0.25) is 0 Å². The van der Waals surface area contributed by atoms with Gasteiger partial charge in [-0.15, -0.1) is 0 Å². The molecule has 0 aliphatic carbocycles. The molecular formula is C13H14N2O. The van der Waals surface area contributed by atoms with Gasteiger partial charge in [0.2, 0.25) is 6.33 Å². The zero-order chi connectivity index (χ0) is 11.5. The number of aromatic nitrogens is 2. The average molecular weight is 214 g/mol. The average Bonchev–Trinajstić information content (AvgIpc) is 2.56. The molecule has 0 saturated carbocycles. The van der Waals surface area contributed by atoms with E-state index in [9.17, 15) is 5.21 Å². The molecule has 0 unspecified atom stereocenters. The van der Waals surface area contributed by atoms with Crippen molar-refractivity contribution in [2.45, 2.75) is 13.5 Å². The lowest BCUT2D eigenvalue weighted by Crippen LogP contribution is -2.25.